The van der Waals surface area contributed by atoms with Crippen molar-refractivity contribution in [2.24, 2.45) is 0 Å². The molecule has 100 valence electrons. The fraction of sp³-hybridized carbons (Fsp3) is 0.167. The number of benzene rings is 1. The first kappa shape index (κ1) is 13.8. The quantitative estimate of drug-likeness (QED) is 0.879. The summed E-state index contributed by atoms with van der Waals surface area (Å²) in [7, 11) is 1.31. The highest BCUT2D eigenvalue weighted by molar-refractivity contribution is 7.13. The van der Waals surface area contributed by atoms with E-state index in [0.29, 0.717) is 10.8 Å². The number of methoxy groups -OCH3 is 1. The third-order valence-corrected chi connectivity index (χ3v) is 3.40. The summed E-state index contributed by atoms with van der Waals surface area (Å²) in [6.45, 7) is 0. The van der Waals surface area contributed by atoms with Gasteiger partial charge in [0.2, 0.25) is 0 Å². The van der Waals surface area contributed by atoms with Crippen molar-refractivity contribution in [3.8, 4) is 0 Å². The van der Waals surface area contributed by atoms with Crippen molar-refractivity contribution < 1.29 is 13.9 Å². The van der Waals surface area contributed by atoms with E-state index in [1.54, 1.807) is 17.5 Å². The highest BCUT2D eigenvalue weighted by Crippen LogP contribution is 2.27. The number of ether oxygens (including phenoxy) is 1. The minimum atomic E-state index is -0.533. The Morgan fingerprint density at radius 1 is 1.58 bits per heavy atom. The Bertz CT molecular complexity index is 603. The van der Waals surface area contributed by atoms with Gasteiger partial charge in [-0.1, -0.05) is 17.7 Å². The molecule has 1 heterocycles. The molecule has 0 bridgehead atoms. The number of esters is 1. The predicted molar refractivity (Wildman–Crippen MR) is 72.5 cm³/mol. The Morgan fingerprint density at radius 3 is 3.11 bits per heavy atom. The van der Waals surface area contributed by atoms with Gasteiger partial charge in [0.05, 0.1) is 29.9 Å². The number of hydrogen-bond acceptors (Lipinski definition) is 5. The van der Waals surface area contributed by atoms with Crippen LogP contribution in [0.15, 0.2) is 23.6 Å². The fourth-order valence-electron chi connectivity index (χ4n) is 1.38. The lowest BCUT2D eigenvalue weighted by atomic mass is 10.3. The van der Waals surface area contributed by atoms with Gasteiger partial charge in [0.15, 0.2) is 10.9 Å². The highest BCUT2D eigenvalue weighted by Gasteiger charge is 2.10. The van der Waals surface area contributed by atoms with Crippen LogP contribution >= 0.6 is 22.9 Å². The molecule has 4 nitrogen and oxygen atoms in total. The average Bonchev–Trinajstić information content (AvgIpc) is 2.82. The number of hydrogen-bond donors (Lipinski definition) is 1. The molecule has 7 heteroatoms. The van der Waals surface area contributed by atoms with Crippen molar-refractivity contribution in [1.29, 1.82) is 0 Å². The van der Waals surface area contributed by atoms with E-state index in [0.717, 1.165) is 0 Å². The molecule has 0 aliphatic rings. The molecule has 0 saturated carbocycles. The number of carbonyl (C=O) groups excluding carboxylic acids is 1. The minimum Gasteiger partial charge on any atom is -0.469 e. The first-order valence-corrected chi connectivity index (χ1v) is 6.58. The Balaban J connectivity index is 2.11. The van der Waals surface area contributed by atoms with E-state index in [9.17, 15) is 9.18 Å². The molecule has 0 fully saturated rings. The highest BCUT2D eigenvalue weighted by atomic mass is 35.5. The number of halogens is 2. The molecule has 0 unspecified atom stereocenters. The summed E-state index contributed by atoms with van der Waals surface area (Å²) >= 11 is 6.95. The van der Waals surface area contributed by atoms with Crippen LogP contribution in [0.5, 0.6) is 0 Å². The number of nitrogens with one attached hydrogen (secondary N) is 1. The van der Waals surface area contributed by atoms with Crippen molar-refractivity contribution >= 4 is 39.7 Å². The Hall–Kier alpha value is -1.66. The van der Waals surface area contributed by atoms with Gasteiger partial charge in [-0.2, -0.15) is 0 Å². The number of anilines is 2. The molecule has 0 saturated heterocycles. The number of carbonyl (C=O) groups is 1. The molecular formula is C12H10ClFN2O2S. The SMILES string of the molecule is COC(=O)Cc1csc(Nc2cccc(Cl)c2F)n1. The second-order valence-corrected chi connectivity index (χ2v) is 4.89. The van der Waals surface area contributed by atoms with Crippen LogP contribution in [0.1, 0.15) is 5.69 Å². The third kappa shape index (κ3) is 3.42. The van der Waals surface area contributed by atoms with Gasteiger partial charge in [-0.3, -0.25) is 4.79 Å². The van der Waals surface area contributed by atoms with Crippen molar-refractivity contribution in [3.63, 3.8) is 0 Å². The van der Waals surface area contributed by atoms with Gasteiger partial charge < -0.3 is 10.1 Å². The molecule has 0 amide bonds. The van der Waals surface area contributed by atoms with E-state index in [4.69, 9.17) is 11.6 Å². The topological polar surface area (TPSA) is 51.2 Å². The molecule has 1 N–H and O–H groups in total. The van der Waals surface area contributed by atoms with E-state index in [1.165, 1.54) is 24.5 Å². The maximum Gasteiger partial charge on any atom is 0.311 e. The number of thiazole rings is 1. The van der Waals surface area contributed by atoms with Gasteiger partial charge in [-0.25, -0.2) is 9.37 Å². The number of rotatable bonds is 4. The van der Waals surface area contributed by atoms with Crippen LogP contribution in [0.2, 0.25) is 5.02 Å². The average molecular weight is 301 g/mol. The second kappa shape index (κ2) is 5.99. The van der Waals surface area contributed by atoms with Crippen LogP contribution in [0.3, 0.4) is 0 Å². The van der Waals surface area contributed by atoms with Crippen LogP contribution < -0.4 is 5.32 Å². The minimum absolute atomic E-state index is 0.0383. The van der Waals surface area contributed by atoms with Crippen LogP contribution in [0.4, 0.5) is 15.2 Å². The molecule has 2 rings (SSSR count). The summed E-state index contributed by atoms with van der Waals surface area (Å²) in [5.41, 5.74) is 0.813. The second-order valence-electron chi connectivity index (χ2n) is 3.62. The van der Waals surface area contributed by atoms with Crippen molar-refractivity contribution in [1.82, 2.24) is 4.98 Å². The van der Waals surface area contributed by atoms with Crippen molar-refractivity contribution in [2.75, 3.05) is 12.4 Å². The van der Waals surface area contributed by atoms with Gasteiger partial charge in [-0.15, -0.1) is 11.3 Å². The number of nitrogens with zero attached hydrogens (tertiary/aromatic N) is 1. The molecule has 2 aromatic rings. The summed E-state index contributed by atoms with van der Waals surface area (Å²) in [4.78, 5) is 15.3. The Labute approximate surface area is 118 Å². The molecule has 0 aliphatic carbocycles. The number of aromatic nitrogens is 1. The Kier molecular flexibility index (Phi) is 4.34. The van der Waals surface area contributed by atoms with E-state index in [1.807, 2.05) is 0 Å². The zero-order valence-electron chi connectivity index (χ0n) is 9.94. The zero-order valence-corrected chi connectivity index (χ0v) is 11.5. The molecule has 1 aromatic carbocycles. The monoisotopic (exact) mass is 300 g/mol. The Morgan fingerprint density at radius 2 is 2.37 bits per heavy atom. The zero-order chi connectivity index (χ0) is 13.8. The van der Waals surface area contributed by atoms with Gasteiger partial charge in [0, 0.05) is 5.38 Å². The fourth-order valence-corrected chi connectivity index (χ4v) is 2.28. The summed E-state index contributed by atoms with van der Waals surface area (Å²) in [6.07, 6.45) is 0.0900. The summed E-state index contributed by atoms with van der Waals surface area (Å²) < 4.78 is 18.2. The van der Waals surface area contributed by atoms with E-state index < -0.39 is 5.82 Å². The van der Waals surface area contributed by atoms with Crippen LogP contribution in [0.25, 0.3) is 0 Å². The predicted octanol–water partition coefficient (Wildman–Crippen LogP) is 3.39. The van der Waals surface area contributed by atoms with Gasteiger partial charge in [0.1, 0.15) is 0 Å². The maximum absolute atomic E-state index is 13.7. The molecule has 1 aromatic heterocycles. The maximum atomic E-state index is 13.7. The summed E-state index contributed by atoms with van der Waals surface area (Å²) in [6, 6.07) is 4.66. The van der Waals surface area contributed by atoms with E-state index in [-0.39, 0.29) is 23.1 Å². The van der Waals surface area contributed by atoms with E-state index >= 15 is 0 Å². The largest absolute Gasteiger partial charge is 0.469 e. The van der Waals surface area contributed by atoms with Gasteiger partial charge in [-0.05, 0) is 12.1 Å². The third-order valence-electron chi connectivity index (χ3n) is 2.30. The first-order chi connectivity index (χ1) is 9.10. The van der Waals surface area contributed by atoms with Crippen LogP contribution in [-0.4, -0.2) is 18.1 Å². The first-order valence-electron chi connectivity index (χ1n) is 5.32. The van der Waals surface area contributed by atoms with Crippen molar-refractivity contribution in [2.45, 2.75) is 6.42 Å². The molecular weight excluding hydrogens is 291 g/mol. The lowest BCUT2D eigenvalue weighted by Crippen LogP contribution is -2.04. The lowest BCUT2D eigenvalue weighted by Gasteiger charge is -2.04. The molecule has 0 aliphatic heterocycles. The molecule has 0 atom stereocenters. The molecule has 19 heavy (non-hydrogen) atoms. The van der Waals surface area contributed by atoms with Gasteiger partial charge >= 0.3 is 5.97 Å². The van der Waals surface area contributed by atoms with Crippen LogP contribution in [0, 0.1) is 5.82 Å². The van der Waals surface area contributed by atoms with Crippen molar-refractivity contribution in [3.05, 3.63) is 40.1 Å². The summed E-state index contributed by atoms with van der Waals surface area (Å²) in [5.74, 6) is -0.903. The van der Waals surface area contributed by atoms with Gasteiger partial charge in [0.25, 0.3) is 0 Å². The molecule has 0 spiro atoms. The lowest BCUT2D eigenvalue weighted by molar-refractivity contribution is -0.139. The van der Waals surface area contributed by atoms with Crippen LogP contribution in [-0.2, 0) is 16.0 Å². The molecule has 0 radical (unpaired) electrons. The standard InChI is InChI=1S/C12H10ClFN2O2S/c1-18-10(17)5-7-6-19-12(15-7)16-9-4-2-3-8(13)11(9)14/h2-4,6H,5H2,1H3,(H,15,16). The summed E-state index contributed by atoms with van der Waals surface area (Å²) in [5, 5.41) is 5.06. The smallest absolute Gasteiger partial charge is 0.311 e. The van der Waals surface area contributed by atoms with E-state index in [2.05, 4.69) is 15.0 Å². The normalized spacial score (nSPS) is 10.3.